The molecule has 0 aromatic heterocycles. The van der Waals surface area contributed by atoms with E-state index in [1.165, 1.54) is 19.2 Å². The van der Waals surface area contributed by atoms with Gasteiger partial charge < -0.3 is 10.5 Å². The first kappa shape index (κ1) is 11.5. The summed E-state index contributed by atoms with van der Waals surface area (Å²) in [7, 11) is 0. The van der Waals surface area contributed by atoms with Crippen LogP contribution in [0.2, 0.25) is 0 Å². The van der Waals surface area contributed by atoms with Crippen LogP contribution in [0.3, 0.4) is 0 Å². The predicted octanol–water partition coefficient (Wildman–Crippen LogP) is 1.38. The highest BCUT2D eigenvalue weighted by Gasteiger charge is 2.43. The van der Waals surface area contributed by atoms with Crippen molar-refractivity contribution in [3.63, 3.8) is 0 Å². The molecule has 88 valence electrons. The molecule has 5 nitrogen and oxygen atoms in total. The number of nitrogens with one attached hydrogen (secondary N) is 1. The number of carbonyl (C=O) groups excluding carboxylic acids is 2. The molecule has 0 radical (unpaired) electrons. The van der Waals surface area contributed by atoms with Crippen molar-refractivity contribution < 1.29 is 14.2 Å². The smallest absolute Gasteiger partial charge is 0.316 e. The van der Waals surface area contributed by atoms with Gasteiger partial charge in [-0.25, -0.2) is 4.79 Å². The average Bonchev–Trinajstić information content (AvgIpc) is 2.27. The lowest BCUT2D eigenvalue weighted by Gasteiger charge is -2.45. The Morgan fingerprint density at radius 3 is 2.41 bits per heavy atom. The highest BCUT2D eigenvalue weighted by Crippen LogP contribution is 2.25. The Morgan fingerprint density at radius 1 is 1.29 bits per heavy atom. The van der Waals surface area contributed by atoms with E-state index in [-0.39, 0.29) is 0 Å². The van der Waals surface area contributed by atoms with Crippen molar-refractivity contribution in [2.24, 2.45) is 0 Å². The number of nitrogens with zero attached hydrogens (tertiary/aromatic N) is 1. The molecule has 1 aliphatic heterocycles. The highest BCUT2D eigenvalue weighted by atomic mass is 16.6. The first-order chi connectivity index (χ1) is 8.04. The van der Waals surface area contributed by atoms with Gasteiger partial charge in [0.2, 0.25) is 6.04 Å². The molecule has 17 heavy (non-hydrogen) atoms. The molecular weight excluding hydrogens is 220 g/mol. The molecule has 1 N–H and O–H groups in total. The Morgan fingerprint density at radius 2 is 1.94 bits per heavy atom. The summed E-state index contributed by atoms with van der Waals surface area (Å²) in [5.41, 5.74) is 0.605. The fourth-order valence-corrected chi connectivity index (χ4v) is 1.63. The van der Waals surface area contributed by atoms with Crippen LogP contribution in [-0.4, -0.2) is 22.5 Å². The van der Waals surface area contributed by atoms with Crippen LogP contribution in [-0.2, 0) is 9.59 Å². The minimum atomic E-state index is -1.21. The van der Waals surface area contributed by atoms with Gasteiger partial charge in [0.1, 0.15) is 6.20 Å². The van der Waals surface area contributed by atoms with Crippen LogP contribution in [0.1, 0.15) is 6.92 Å². The fraction of sp³-hybridized carbons (Fsp3) is 0.167. The van der Waals surface area contributed by atoms with Crippen molar-refractivity contribution in [1.82, 2.24) is 0 Å². The molecule has 1 aromatic rings. The third kappa shape index (κ3) is 1.98. The molecule has 1 aromatic carbocycles. The van der Waals surface area contributed by atoms with E-state index in [4.69, 9.17) is 0 Å². The standard InChI is InChI=1S/C12H12N2O3/c1-9(15)14(17)8-7-11(14)12(16)13-10-5-3-2-4-6-10/h2-8,11H,1H3,(H,13,16). The fourth-order valence-electron chi connectivity index (χ4n) is 1.63. The van der Waals surface area contributed by atoms with Crippen molar-refractivity contribution in [3.8, 4) is 0 Å². The van der Waals surface area contributed by atoms with Gasteiger partial charge in [-0.3, -0.25) is 9.44 Å². The molecule has 0 saturated carbocycles. The van der Waals surface area contributed by atoms with Crippen LogP contribution in [0.5, 0.6) is 0 Å². The molecule has 0 aliphatic carbocycles. The van der Waals surface area contributed by atoms with Gasteiger partial charge in [0, 0.05) is 11.8 Å². The average molecular weight is 232 g/mol. The highest BCUT2D eigenvalue weighted by molar-refractivity contribution is 5.97. The van der Waals surface area contributed by atoms with E-state index in [1.54, 1.807) is 24.3 Å². The third-order valence-corrected chi connectivity index (χ3v) is 2.71. The lowest BCUT2D eigenvalue weighted by atomic mass is 10.1. The number of quaternary nitrogens is 1. The van der Waals surface area contributed by atoms with Crippen LogP contribution in [0.15, 0.2) is 42.6 Å². The van der Waals surface area contributed by atoms with Crippen LogP contribution in [0.25, 0.3) is 0 Å². The Labute approximate surface area is 98.5 Å². The summed E-state index contributed by atoms with van der Waals surface area (Å²) < 4.78 is -1.21. The molecule has 1 heterocycles. The van der Waals surface area contributed by atoms with Gasteiger partial charge in [-0.1, -0.05) is 18.2 Å². The zero-order valence-electron chi connectivity index (χ0n) is 9.29. The second kappa shape index (κ2) is 4.12. The number of para-hydroxylation sites is 1. The number of benzene rings is 1. The summed E-state index contributed by atoms with van der Waals surface area (Å²) in [4.78, 5) is 22.9. The molecule has 2 amide bonds. The van der Waals surface area contributed by atoms with Crippen molar-refractivity contribution >= 4 is 17.5 Å². The van der Waals surface area contributed by atoms with E-state index in [1.807, 2.05) is 6.07 Å². The summed E-state index contributed by atoms with van der Waals surface area (Å²) in [6.07, 6.45) is 2.62. The quantitative estimate of drug-likeness (QED) is 0.618. The lowest BCUT2D eigenvalue weighted by Crippen LogP contribution is -2.59. The Kier molecular flexibility index (Phi) is 2.79. The summed E-state index contributed by atoms with van der Waals surface area (Å²) in [5.74, 6) is -1.07. The van der Waals surface area contributed by atoms with Gasteiger partial charge in [0.05, 0.1) is 6.92 Å². The first-order valence-electron chi connectivity index (χ1n) is 5.20. The van der Waals surface area contributed by atoms with E-state index in [9.17, 15) is 14.8 Å². The maximum absolute atomic E-state index is 11.9. The number of carbonyl (C=O) groups is 2. The van der Waals surface area contributed by atoms with E-state index in [2.05, 4.69) is 5.32 Å². The Bertz CT molecular complexity index is 484. The topological polar surface area (TPSA) is 69.2 Å². The molecular formula is C12H12N2O3. The Balaban J connectivity index is 2.09. The molecule has 2 rings (SSSR count). The third-order valence-electron chi connectivity index (χ3n) is 2.71. The minimum Gasteiger partial charge on any atom is -0.619 e. The van der Waals surface area contributed by atoms with E-state index < -0.39 is 22.5 Å². The molecule has 0 saturated heterocycles. The largest absolute Gasteiger partial charge is 0.619 e. The number of hydrogen-bond donors (Lipinski definition) is 1. The normalized spacial score (nSPS) is 26.1. The Hall–Kier alpha value is -1.98. The van der Waals surface area contributed by atoms with E-state index in [0.717, 1.165) is 0 Å². The number of amides is 2. The predicted molar refractivity (Wildman–Crippen MR) is 62.3 cm³/mol. The second-order valence-electron chi connectivity index (χ2n) is 3.87. The van der Waals surface area contributed by atoms with Gasteiger partial charge >= 0.3 is 5.91 Å². The van der Waals surface area contributed by atoms with Gasteiger partial charge in [-0.15, -0.1) is 0 Å². The van der Waals surface area contributed by atoms with E-state index in [0.29, 0.717) is 5.69 Å². The monoisotopic (exact) mass is 232 g/mol. The number of hydroxylamine groups is 3. The molecule has 1 aliphatic rings. The molecule has 0 fully saturated rings. The number of anilines is 1. The van der Waals surface area contributed by atoms with Crippen LogP contribution in [0, 0.1) is 5.21 Å². The SMILES string of the molecule is CC(=O)[N+]1([O-])C=CC1C(=O)Nc1ccccc1. The number of hydrogen-bond acceptors (Lipinski definition) is 3. The minimum absolute atomic E-state index is 0.469. The zero-order valence-corrected chi connectivity index (χ0v) is 9.29. The van der Waals surface area contributed by atoms with Crippen molar-refractivity contribution in [1.29, 1.82) is 0 Å². The van der Waals surface area contributed by atoms with Gasteiger partial charge in [-0.2, -0.15) is 0 Å². The van der Waals surface area contributed by atoms with Crippen LogP contribution >= 0.6 is 0 Å². The summed E-state index contributed by atoms with van der Waals surface area (Å²) in [6, 6.07) is 7.82. The summed E-state index contributed by atoms with van der Waals surface area (Å²) in [6.45, 7) is 1.18. The number of rotatable bonds is 2. The lowest BCUT2D eigenvalue weighted by molar-refractivity contribution is -0.778. The van der Waals surface area contributed by atoms with Crippen LogP contribution in [0.4, 0.5) is 5.69 Å². The molecule has 0 spiro atoms. The summed E-state index contributed by atoms with van der Waals surface area (Å²) >= 11 is 0. The van der Waals surface area contributed by atoms with Crippen molar-refractivity contribution in [2.45, 2.75) is 13.0 Å². The van der Waals surface area contributed by atoms with Crippen molar-refractivity contribution in [2.75, 3.05) is 5.32 Å². The van der Waals surface area contributed by atoms with Crippen LogP contribution < -0.4 is 5.32 Å². The maximum atomic E-state index is 11.9. The zero-order chi connectivity index (χ0) is 12.5. The van der Waals surface area contributed by atoms with Gasteiger partial charge in [-0.05, 0) is 12.1 Å². The maximum Gasteiger partial charge on any atom is 0.316 e. The van der Waals surface area contributed by atoms with Gasteiger partial charge in [0.15, 0.2) is 0 Å². The molecule has 2 unspecified atom stereocenters. The molecule has 5 heteroatoms. The van der Waals surface area contributed by atoms with Crippen molar-refractivity contribution in [3.05, 3.63) is 47.8 Å². The molecule has 0 bridgehead atoms. The first-order valence-corrected chi connectivity index (χ1v) is 5.20. The summed E-state index contributed by atoms with van der Waals surface area (Å²) in [5, 5.41) is 14.5. The molecule has 2 atom stereocenters. The second-order valence-corrected chi connectivity index (χ2v) is 3.87. The van der Waals surface area contributed by atoms with Gasteiger partial charge in [0.25, 0.3) is 5.91 Å². The van der Waals surface area contributed by atoms with E-state index >= 15 is 0 Å².